The van der Waals surface area contributed by atoms with Gasteiger partial charge in [0.1, 0.15) is 5.82 Å². The van der Waals surface area contributed by atoms with Crippen molar-refractivity contribution in [2.24, 2.45) is 0 Å². The van der Waals surface area contributed by atoms with E-state index in [2.05, 4.69) is 54.5 Å². The van der Waals surface area contributed by atoms with Crippen LogP contribution in [0, 0.1) is 6.92 Å². The van der Waals surface area contributed by atoms with Crippen LogP contribution in [0.2, 0.25) is 0 Å². The minimum atomic E-state index is 0.907. The summed E-state index contributed by atoms with van der Waals surface area (Å²) in [6.07, 6.45) is 1.95. The summed E-state index contributed by atoms with van der Waals surface area (Å²) in [4.78, 5) is 5.72. The fourth-order valence-corrected chi connectivity index (χ4v) is 2.64. The van der Waals surface area contributed by atoms with Gasteiger partial charge in [-0.3, -0.25) is 0 Å². The number of hydrogen-bond acceptors (Lipinski definition) is 3. The van der Waals surface area contributed by atoms with Gasteiger partial charge in [-0.25, -0.2) is 4.98 Å². The van der Waals surface area contributed by atoms with Crippen molar-refractivity contribution in [2.75, 3.05) is 11.9 Å². The Labute approximate surface area is 113 Å². The third kappa shape index (κ3) is 3.50. The van der Waals surface area contributed by atoms with Crippen molar-refractivity contribution in [3.63, 3.8) is 0 Å². The largest absolute Gasteiger partial charge is 0.370 e. The number of thioether (sulfide) groups is 1. The average Bonchev–Trinajstić information content (AvgIpc) is 2.40. The molecule has 0 fully saturated rings. The van der Waals surface area contributed by atoms with E-state index in [1.807, 2.05) is 24.0 Å². The number of aryl methyl sites for hydroxylation is 1. The number of anilines is 1. The van der Waals surface area contributed by atoms with E-state index in [-0.39, 0.29) is 0 Å². The molecule has 0 aliphatic rings. The van der Waals surface area contributed by atoms with Crippen LogP contribution < -0.4 is 5.32 Å². The Morgan fingerprint density at radius 3 is 2.67 bits per heavy atom. The molecule has 2 rings (SSSR count). The molecule has 1 N–H and O–H groups in total. The van der Waals surface area contributed by atoms with Crippen LogP contribution in [0.5, 0.6) is 0 Å². The molecule has 2 aromatic rings. The second kappa shape index (κ2) is 6.45. The first-order valence-electron chi connectivity index (χ1n) is 6.17. The lowest BCUT2D eigenvalue weighted by atomic mass is 10.2. The summed E-state index contributed by atoms with van der Waals surface area (Å²) in [5.74, 6) is 1.91. The first-order chi connectivity index (χ1) is 8.79. The van der Waals surface area contributed by atoms with Gasteiger partial charge in [0, 0.05) is 23.4 Å². The minimum Gasteiger partial charge on any atom is -0.370 e. The first kappa shape index (κ1) is 13.0. The van der Waals surface area contributed by atoms with Crippen molar-refractivity contribution in [1.82, 2.24) is 4.98 Å². The van der Waals surface area contributed by atoms with Gasteiger partial charge in [0.05, 0.1) is 0 Å². The van der Waals surface area contributed by atoms with Crippen LogP contribution in [0.25, 0.3) is 0 Å². The summed E-state index contributed by atoms with van der Waals surface area (Å²) in [6, 6.07) is 12.6. The molecule has 3 heteroatoms. The molecule has 2 nitrogen and oxygen atoms in total. The van der Waals surface area contributed by atoms with Crippen LogP contribution >= 0.6 is 11.8 Å². The highest BCUT2D eigenvalue weighted by molar-refractivity contribution is 7.98. The smallest absolute Gasteiger partial charge is 0.125 e. The van der Waals surface area contributed by atoms with Gasteiger partial charge >= 0.3 is 0 Å². The second-order valence-corrected chi connectivity index (χ2v) is 5.15. The number of nitrogens with one attached hydrogen (secondary N) is 1. The third-order valence-electron chi connectivity index (χ3n) is 2.67. The zero-order valence-electron chi connectivity index (χ0n) is 10.8. The maximum Gasteiger partial charge on any atom is 0.125 e. The normalized spacial score (nSPS) is 10.3. The lowest BCUT2D eigenvalue weighted by Crippen LogP contribution is -1.98. The molecule has 0 saturated heterocycles. The van der Waals surface area contributed by atoms with Crippen LogP contribution in [0.15, 0.2) is 47.5 Å². The van der Waals surface area contributed by atoms with E-state index in [0.717, 1.165) is 18.1 Å². The van der Waals surface area contributed by atoms with E-state index in [1.54, 1.807) is 0 Å². The summed E-state index contributed by atoms with van der Waals surface area (Å²) in [5.41, 5.74) is 2.59. The third-order valence-corrected chi connectivity index (χ3v) is 3.92. The molecule has 0 radical (unpaired) electrons. The fraction of sp³-hybridized carbons (Fsp3) is 0.267. The molecule has 0 amide bonds. The van der Waals surface area contributed by atoms with Crippen molar-refractivity contribution in [1.29, 1.82) is 0 Å². The van der Waals surface area contributed by atoms with Crippen LogP contribution in [-0.2, 0) is 5.75 Å². The molecule has 1 heterocycles. The summed E-state index contributed by atoms with van der Waals surface area (Å²) in [7, 11) is 0. The highest BCUT2D eigenvalue weighted by Gasteiger charge is 2.00. The summed E-state index contributed by atoms with van der Waals surface area (Å²) in [5, 5.41) is 3.20. The van der Waals surface area contributed by atoms with Crippen molar-refractivity contribution in [2.45, 2.75) is 24.5 Å². The Balaban J connectivity index is 1.96. The summed E-state index contributed by atoms with van der Waals surface area (Å²) >= 11 is 1.86. The van der Waals surface area contributed by atoms with Crippen molar-refractivity contribution in [3.8, 4) is 0 Å². The van der Waals surface area contributed by atoms with Crippen LogP contribution in [0.4, 0.5) is 5.82 Å². The Bertz CT molecular complexity index is 494. The molecule has 0 bridgehead atoms. The molecule has 0 unspecified atom stereocenters. The van der Waals surface area contributed by atoms with Crippen molar-refractivity contribution >= 4 is 17.6 Å². The molecule has 0 aliphatic carbocycles. The van der Waals surface area contributed by atoms with Crippen LogP contribution in [0.1, 0.15) is 18.1 Å². The number of aromatic nitrogens is 1. The molecule has 0 atom stereocenters. The van der Waals surface area contributed by atoms with Gasteiger partial charge in [-0.2, -0.15) is 0 Å². The van der Waals surface area contributed by atoms with Gasteiger partial charge in [-0.15, -0.1) is 11.8 Å². The average molecular weight is 258 g/mol. The van der Waals surface area contributed by atoms with Gasteiger partial charge < -0.3 is 5.32 Å². The Hall–Kier alpha value is -1.48. The monoisotopic (exact) mass is 258 g/mol. The molecule has 18 heavy (non-hydrogen) atoms. The fourth-order valence-electron chi connectivity index (χ4n) is 1.68. The highest BCUT2D eigenvalue weighted by Crippen LogP contribution is 2.25. The zero-order chi connectivity index (χ0) is 12.8. The van der Waals surface area contributed by atoms with Gasteiger partial charge in [-0.05, 0) is 37.1 Å². The van der Waals surface area contributed by atoms with E-state index in [9.17, 15) is 0 Å². The number of hydrogen-bond donors (Lipinski definition) is 1. The molecule has 0 saturated carbocycles. The minimum absolute atomic E-state index is 0.907. The molecule has 94 valence electrons. The maximum atomic E-state index is 4.38. The van der Waals surface area contributed by atoms with Crippen LogP contribution in [0.3, 0.4) is 0 Å². The van der Waals surface area contributed by atoms with E-state index in [0.29, 0.717) is 0 Å². The lowest BCUT2D eigenvalue weighted by Gasteiger charge is -2.06. The Morgan fingerprint density at radius 2 is 2.00 bits per heavy atom. The number of nitrogens with zero attached hydrogens (tertiary/aromatic N) is 1. The molecule has 0 aliphatic heterocycles. The zero-order valence-corrected chi connectivity index (χ0v) is 11.6. The van der Waals surface area contributed by atoms with E-state index in [1.165, 1.54) is 16.0 Å². The predicted molar refractivity (Wildman–Crippen MR) is 79.1 cm³/mol. The SMILES string of the molecule is CCNc1ccc(CSc2ccccc2C)cn1. The first-order valence-corrected chi connectivity index (χ1v) is 7.15. The van der Waals surface area contributed by atoms with Gasteiger partial charge in [-0.1, -0.05) is 24.3 Å². The van der Waals surface area contributed by atoms with Gasteiger partial charge in [0.2, 0.25) is 0 Å². The van der Waals surface area contributed by atoms with Gasteiger partial charge in [0.25, 0.3) is 0 Å². The maximum absolute atomic E-state index is 4.38. The second-order valence-electron chi connectivity index (χ2n) is 4.14. The van der Waals surface area contributed by atoms with E-state index in [4.69, 9.17) is 0 Å². The molecular formula is C15H18N2S. The standard InChI is InChI=1S/C15H18N2S/c1-3-16-15-9-8-13(10-17-15)11-18-14-7-5-4-6-12(14)2/h4-10H,3,11H2,1-2H3,(H,16,17). The highest BCUT2D eigenvalue weighted by atomic mass is 32.2. The van der Waals surface area contributed by atoms with Crippen molar-refractivity contribution in [3.05, 3.63) is 53.7 Å². The lowest BCUT2D eigenvalue weighted by molar-refractivity contribution is 1.14. The Kier molecular flexibility index (Phi) is 4.65. The molecular weight excluding hydrogens is 240 g/mol. The van der Waals surface area contributed by atoms with Gasteiger partial charge in [0.15, 0.2) is 0 Å². The molecule has 0 spiro atoms. The van der Waals surface area contributed by atoms with Crippen molar-refractivity contribution < 1.29 is 0 Å². The molecule has 1 aromatic carbocycles. The summed E-state index contributed by atoms with van der Waals surface area (Å²) < 4.78 is 0. The summed E-state index contributed by atoms with van der Waals surface area (Å²) in [6.45, 7) is 5.13. The number of benzene rings is 1. The number of pyridine rings is 1. The predicted octanol–water partition coefficient (Wildman–Crippen LogP) is 4.11. The van der Waals surface area contributed by atoms with Crippen LogP contribution in [-0.4, -0.2) is 11.5 Å². The quantitative estimate of drug-likeness (QED) is 0.817. The topological polar surface area (TPSA) is 24.9 Å². The van der Waals surface area contributed by atoms with E-state index >= 15 is 0 Å². The Morgan fingerprint density at radius 1 is 1.17 bits per heavy atom. The van der Waals surface area contributed by atoms with E-state index < -0.39 is 0 Å². The number of rotatable bonds is 5. The molecule has 1 aromatic heterocycles.